The second kappa shape index (κ2) is 5.67. The van der Waals surface area contributed by atoms with Crippen LogP contribution in [0.4, 0.5) is 8.78 Å². The van der Waals surface area contributed by atoms with E-state index < -0.39 is 17.0 Å². The van der Waals surface area contributed by atoms with Crippen LogP contribution in [0.2, 0.25) is 0 Å². The van der Waals surface area contributed by atoms with Crippen molar-refractivity contribution in [3.8, 4) is 5.75 Å². The number of thiophene rings is 1. The van der Waals surface area contributed by atoms with Crippen molar-refractivity contribution in [2.24, 2.45) is 0 Å². The fourth-order valence-corrected chi connectivity index (χ4v) is 2.82. The van der Waals surface area contributed by atoms with Crippen molar-refractivity contribution in [3.63, 3.8) is 0 Å². The van der Waals surface area contributed by atoms with Crippen LogP contribution >= 0.6 is 22.9 Å². The van der Waals surface area contributed by atoms with E-state index in [-0.39, 0.29) is 12.0 Å². The lowest BCUT2D eigenvalue weighted by Gasteiger charge is -2.08. The number of benzene rings is 1. The summed E-state index contributed by atoms with van der Waals surface area (Å²) in [6.07, 6.45) is 0.245. The zero-order chi connectivity index (χ0) is 13.1. The van der Waals surface area contributed by atoms with E-state index in [9.17, 15) is 8.78 Å². The molecule has 1 heterocycles. The number of rotatable bonds is 4. The number of alkyl halides is 1. The Labute approximate surface area is 113 Å². The summed E-state index contributed by atoms with van der Waals surface area (Å²) in [4.78, 5) is 0.872. The molecule has 2 rings (SSSR count). The van der Waals surface area contributed by atoms with E-state index in [0.29, 0.717) is 0 Å². The van der Waals surface area contributed by atoms with Crippen molar-refractivity contribution in [2.45, 2.75) is 11.8 Å². The number of hydrogen-bond donors (Lipinski definition) is 0. The van der Waals surface area contributed by atoms with Crippen LogP contribution in [0.5, 0.6) is 5.75 Å². The Balaban J connectivity index is 2.15. The Morgan fingerprint density at radius 2 is 2.17 bits per heavy atom. The topological polar surface area (TPSA) is 9.23 Å². The summed E-state index contributed by atoms with van der Waals surface area (Å²) in [6.45, 7) is 0. The molecule has 1 aromatic carbocycles. The van der Waals surface area contributed by atoms with Gasteiger partial charge in [0, 0.05) is 10.3 Å². The van der Waals surface area contributed by atoms with Crippen molar-refractivity contribution >= 4 is 22.9 Å². The molecular formula is C13H11ClF2OS. The van der Waals surface area contributed by atoms with Crippen LogP contribution in [-0.2, 0) is 6.42 Å². The average Bonchev–Trinajstić information content (AvgIpc) is 2.83. The molecule has 0 saturated carbocycles. The molecule has 0 aliphatic heterocycles. The quantitative estimate of drug-likeness (QED) is 0.750. The number of halogens is 3. The number of methoxy groups -OCH3 is 1. The molecule has 96 valence electrons. The predicted molar refractivity (Wildman–Crippen MR) is 69.5 cm³/mol. The van der Waals surface area contributed by atoms with Crippen molar-refractivity contribution in [3.05, 3.63) is 51.7 Å². The second-order valence-corrected chi connectivity index (χ2v) is 5.24. The highest BCUT2D eigenvalue weighted by atomic mass is 35.5. The first-order valence-electron chi connectivity index (χ1n) is 5.31. The van der Waals surface area contributed by atoms with Gasteiger partial charge >= 0.3 is 0 Å². The van der Waals surface area contributed by atoms with Crippen molar-refractivity contribution in [1.29, 1.82) is 0 Å². The van der Waals surface area contributed by atoms with Crippen molar-refractivity contribution < 1.29 is 13.5 Å². The first-order valence-corrected chi connectivity index (χ1v) is 6.62. The van der Waals surface area contributed by atoms with Gasteiger partial charge in [0.1, 0.15) is 5.75 Å². The zero-order valence-corrected chi connectivity index (χ0v) is 11.2. The first-order chi connectivity index (χ1) is 8.61. The number of hydrogen-bond acceptors (Lipinski definition) is 2. The lowest BCUT2D eigenvalue weighted by atomic mass is 10.1. The van der Waals surface area contributed by atoms with E-state index in [1.54, 1.807) is 19.2 Å². The van der Waals surface area contributed by atoms with Gasteiger partial charge in [-0.25, -0.2) is 8.78 Å². The summed E-state index contributed by atoms with van der Waals surface area (Å²) in [5.41, 5.74) is 0.280. The minimum atomic E-state index is -0.847. The fourth-order valence-electron chi connectivity index (χ4n) is 1.61. The lowest BCUT2D eigenvalue weighted by Crippen LogP contribution is -1.98. The maximum atomic E-state index is 13.5. The van der Waals surface area contributed by atoms with Gasteiger partial charge in [-0.05, 0) is 24.1 Å². The van der Waals surface area contributed by atoms with E-state index in [2.05, 4.69) is 0 Å². The van der Waals surface area contributed by atoms with Gasteiger partial charge in [0.15, 0.2) is 11.6 Å². The Kier molecular flexibility index (Phi) is 4.19. The third-order valence-corrected chi connectivity index (χ3v) is 4.11. The summed E-state index contributed by atoms with van der Waals surface area (Å²) in [5, 5.41) is 1.43. The highest BCUT2D eigenvalue weighted by molar-refractivity contribution is 7.10. The molecule has 2 aromatic rings. The Morgan fingerprint density at radius 1 is 1.39 bits per heavy atom. The van der Waals surface area contributed by atoms with Crippen LogP contribution in [0.3, 0.4) is 0 Å². The number of ether oxygens (including phenoxy) is 1. The highest BCUT2D eigenvalue weighted by Gasteiger charge is 2.16. The molecule has 1 aromatic heterocycles. The third kappa shape index (κ3) is 2.82. The second-order valence-electron chi connectivity index (χ2n) is 3.77. The molecule has 0 N–H and O–H groups in total. The fraction of sp³-hybridized carbons (Fsp3) is 0.231. The zero-order valence-electron chi connectivity index (χ0n) is 9.62. The van der Waals surface area contributed by atoms with Gasteiger partial charge in [-0.3, -0.25) is 0 Å². The summed E-state index contributed by atoms with van der Waals surface area (Å²) in [5.74, 6) is -0.952. The van der Waals surface area contributed by atoms with Gasteiger partial charge in [0.2, 0.25) is 0 Å². The molecule has 0 aliphatic rings. The van der Waals surface area contributed by atoms with Gasteiger partial charge in [-0.1, -0.05) is 12.1 Å². The van der Waals surface area contributed by atoms with Crippen LogP contribution in [0, 0.1) is 11.6 Å². The summed E-state index contributed by atoms with van der Waals surface area (Å²) < 4.78 is 31.6. The Bertz CT molecular complexity index is 542. The molecular weight excluding hydrogens is 278 g/mol. The molecule has 1 nitrogen and oxygen atoms in total. The van der Waals surface area contributed by atoms with Gasteiger partial charge in [-0.2, -0.15) is 0 Å². The highest BCUT2D eigenvalue weighted by Crippen LogP contribution is 2.33. The SMILES string of the molecule is COc1csc(C(Cl)Cc2cccc(F)c2F)c1. The monoisotopic (exact) mass is 288 g/mol. The van der Waals surface area contributed by atoms with E-state index in [1.807, 2.05) is 5.38 Å². The van der Waals surface area contributed by atoms with E-state index in [4.69, 9.17) is 16.3 Å². The molecule has 0 bridgehead atoms. The lowest BCUT2D eigenvalue weighted by molar-refractivity contribution is 0.416. The molecule has 5 heteroatoms. The minimum absolute atomic E-state index is 0.245. The minimum Gasteiger partial charge on any atom is -0.496 e. The normalized spacial score (nSPS) is 12.4. The van der Waals surface area contributed by atoms with Crippen LogP contribution in [-0.4, -0.2) is 7.11 Å². The average molecular weight is 289 g/mol. The predicted octanol–water partition coefficient (Wildman–Crippen LogP) is 4.56. The largest absolute Gasteiger partial charge is 0.496 e. The summed E-state index contributed by atoms with van der Waals surface area (Å²) in [6, 6.07) is 5.92. The first kappa shape index (κ1) is 13.3. The molecule has 1 atom stereocenters. The van der Waals surface area contributed by atoms with Crippen LogP contribution in [0.25, 0.3) is 0 Å². The Morgan fingerprint density at radius 3 is 2.83 bits per heavy atom. The summed E-state index contributed by atoms with van der Waals surface area (Å²) >= 11 is 7.64. The van der Waals surface area contributed by atoms with Gasteiger partial charge in [-0.15, -0.1) is 22.9 Å². The van der Waals surface area contributed by atoms with Crippen molar-refractivity contribution in [1.82, 2.24) is 0 Å². The maximum Gasteiger partial charge on any atom is 0.162 e. The van der Waals surface area contributed by atoms with Crippen LogP contribution in [0.1, 0.15) is 15.8 Å². The van der Waals surface area contributed by atoms with Crippen molar-refractivity contribution in [2.75, 3.05) is 7.11 Å². The molecule has 18 heavy (non-hydrogen) atoms. The molecule has 0 aliphatic carbocycles. The standard InChI is InChI=1S/C13H11ClF2OS/c1-17-9-6-12(18-7-9)10(14)5-8-3-2-4-11(15)13(8)16/h2-4,6-7,10H,5H2,1H3. The van der Waals surface area contributed by atoms with Gasteiger partial charge < -0.3 is 4.74 Å². The van der Waals surface area contributed by atoms with E-state index in [1.165, 1.54) is 17.4 Å². The molecule has 0 saturated heterocycles. The summed E-state index contributed by atoms with van der Waals surface area (Å²) in [7, 11) is 1.57. The molecule has 0 spiro atoms. The van der Waals surface area contributed by atoms with E-state index >= 15 is 0 Å². The van der Waals surface area contributed by atoms with Gasteiger partial charge in [0.25, 0.3) is 0 Å². The molecule has 0 amide bonds. The Hall–Kier alpha value is -1.13. The van der Waals surface area contributed by atoms with Gasteiger partial charge in [0.05, 0.1) is 12.5 Å². The molecule has 0 fully saturated rings. The maximum absolute atomic E-state index is 13.5. The third-order valence-electron chi connectivity index (χ3n) is 2.57. The van der Waals surface area contributed by atoms with E-state index in [0.717, 1.165) is 16.7 Å². The smallest absolute Gasteiger partial charge is 0.162 e. The van der Waals surface area contributed by atoms with Crippen LogP contribution in [0.15, 0.2) is 29.6 Å². The van der Waals surface area contributed by atoms with Crippen LogP contribution < -0.4 is 4.74 Å². The molecule has 0 radical (unpaired) electrons. The molecule has 1 unspecified atom stereocenters.